The van der Waals surface area contributed by atoms with Crippen LogP contribution in [0.25, 0.3) is 16.8 Å². The van der Waals surface area contributed by atoms with Gasteiger partial charge in [-0.05, 0) is 43.2 Å². The molecule has 1 aliphatic carbocycles. The number of fused-ring (bicyclic) bond motifs is 1. The second kappa shape index (κ2) is 8.66. The maximum atomic E-state index is 13.5. The van der Waals surface area contributed by atoms with E-state index in [1.165, 1.54) is 30.3 Å². The molecule has 2 heterocycles. The molecule has 8 nitrogen and oxygen atoms in total. The van der Waals surface area contributed by atoms with Crippen LogP contribution in [0, 0.1) is 6.92 Å². The zero-order chi connectivity index (χ0) is 25.8. The molecule has 2 aromatic heterocycles. The van der Waals surface area contributed by atoms with Gasteiger partial charge < -0.3 is 9.52 Å². The summed E-state index contributed by atoms with van der Waals surface area (Å²) in [5.74, 6) is -1.68. The predicted molar refractivity (Wildman–Crippen MR) is 124 cm³/mol. The Morgan fingerprint density at radius 2 is 1.97 bits per heavy atom. The number of alkyl halides is 3. The number of amides is 1. The first-order valence-electron chi connectivity index (χ1n) is 10.9. The second-order valence-electron chi connectivity index (χ2n) is 8.45. The van der Waals surface area contributed by atoms with E-state index in [2.05, 4.69) is 10.1 Å². The third kappa shape index (κ3) is 4.41. The van der Waals surface area contributed by atoms with Crippen LogP contribution < -0.4 is 4.90 Å². The van der Waals surface area contributed by atoms with Crippen molar-refractivity contribution in [2.45, 2.75) is 31.9 Å². The number of rotatable bonds is 6. The van der Waals surface area contributed by atoms with Gasteiger partial charge in [-0.3, -0.25) is 14.5 Å². The Labute approximate surface area is 206 Å². The van der Waals surface area contributed by atoms with Crippen LogP contribution in [0.5, 0.6) is 0 Å². The van der Waals surface area contributed by atoms with Crippen molar-refractivity contribution in [2.24, 2.45) is 0 Å². The Morgan fingerprint density at radius 1 is 1.22 bits per heavy atom. The highest BCUT2D eigenvalue weighted by Crippen LogP contribution is 2.47. The fourth-order valence-corrected chi connectivity index (χ4v) is 4.42. The van der Waals surface area contributed by atoms with E-state index in [-0.39, 0.29) is 28.6 Å². The number of hydrogen-bond donors (Lipinski definition) is 1. The molecule has 0 unspecified atom stereocenters. The highest BCUT2D eigenvalue weighted by atomic mass is 35.5. The second-order valence-corrected chi connectivity index (χ2v) is 8.83. The average Bonchev–Trinajstić information content (AvgIpc) is 3.48. The van der Waals surface area contributed by atoms with Gasteiger partial charge in [0, 0.05) is 30.2 Å². The van der Waals surface area contributed by atoms with Crippen molar-refractivity contribution in [1.82, 2.24) is 14.8 Å². The molecule has 0 saturated heterocycles. The fraction of sp³-hybridized carbons (Fsp3) is 0.250. The minimum Gasteiger partial charge on any atom is -0.480 e. The number of hydrogen-bond acceptors (Lipinski definition) is 5. The van der Waals surface area contributed by atoms with Gasteiger partial charge in [0.15, 0.2) is 17.2 Å². The highest BCUT2D eigenvalue weighted by molar-refractivity contribution is 6.32. The zero-order valence-corrected chi connectivity index (χ0v) is 19.5. The SMILES string of the molecule is Cc1nc2ccc(N(CC(=O)O)C(=O)c3cccc(-n4nc(C(F)(F)F)c(Cl)c4C4CC4)c3)cc2o1. The molecule has 1 saturated carbocycles. The van der Waals surface area contributed by atoms with E-state index in [4.69, 9.17) is 16.0 Å². The number of oxazole rings is 1. The molecule has 1 amide bonds. The Balaban J connectivity index is 1.56. The minimum atomic E-state index is -4.74. The number of carbonyl (C=O) groups is 2. The van der Waals surface area contributed by atoms with E-state index in [1.807, 2.05) is 0 Å². The number of carbonyl (C=O) groups excluding carboxylic acids is 1. The van der Waals surface area contributed by atoms with Crippen molar-refractivity contribution in [3.05, 3.63) is 70.3 Å². The number of aliphatic carboxylic acids is 1. The number of halogens is 4. The lowest BCUT2D eigenvalue weighted by Crippen LogP contribution is -2.35. The number of benzene rings is 2. The first-order valence-corrected chi connectivity index (χ1v) is 11.3. The van der Waals surface area contributed by atoms with E-state index in [0.717, 1.165) is 9.58 Å². The summed E-state index contributed by atoms with van der Waals surface area (Å²) in [6, 6.07) is 10.5. The molecule has 1 fully saturated rings. The first-order chi connectivity index (χ1) is 17.0. The number of anilines is 1. The van der Waals surface area contributed by atoms with E-state index in [9.17, 15) is 27.9 Å². The van der Waals surface area contributed by atoms with Crippen molar-refractivity contribution in [3.63, 3.8) is 0 Å². The number of carboxylic acid groups (broad SMARTS) is 1. The molecule has 2 aromatic carbocycles. The van der Waals surface area contributed by atoms with Crippen molar-refractivity contribution in [1.29, 1.82) is 0 Å². The van der Waals surface area contributed by atoms with Gasteiger partial charge in [-0.2, -0.15) is 18.3 Å². The van der Waals surface area contributed by atoms with Crippen LogP contribution >= 0.6 is 11.6 Å². The average molecular weight is 519 g/mol. The summed E-state index contributed by atoms with van der Waals surface area (Å²) in [6.45, 7) is 1.01. The molecule has 0 atom stereocenters. The fourth-order valence-electron chi connectivity index (χ4n) is 4.04. The predicted octanol–water partition coefficient (Wildman–Crippen LogP) is 5.60. The summed E-state index contributed by atoms with van der Waals surface area (Å²) >= 11 is 6.08. The molecule has 1 aliphatic rings. The van der Waals surface area contributed by atoms with Gasteiger partial charge in [-0.1, -0.05) is 17.7 Å². The van der Waals surface area contributed by atoms with Crippen LogP contribution in [0.15, 0.2) is 46.9 Å². The smallest absolute Gasteiger partial charge is 0.436 e. The van der Waals surface area contributed by atoms with Crippen LogP contribution in [0.1, 0.15) is 46.4 Å². The molecular formula is C24H18ClF3N4O4. The largest absolute Gasteiger partial charge is 0.480 e. The molecule has 0 radical (unpaired) electrons. The van der Waals surface area contributed by atoms with Crippen molar-refractivity contribution >= 4 is 40.3 Å². The van der Waals surface area contributed by atoms with E-state index in [1.54, 1.807) is 19.1 Å². The van der Waals surface area contributed by atoms with Crippen LogP contribution in [-0.2, 0) is 11.0 Å². The summed E-state index contributed by atoms with van der Waals surface area (Å²) in [5, 5.41) is 12.7. The van der Waals surface area contributed by atoms with Gasteiger partial charge in [0.05, 0.1) is 16.4 Å². The molecule has 0 spiro atoms. The maximum absolute atomic E-state index is 13.5. The summed E-state index contributed by atoms with van der Waals surface area (Å²) in [6.07, 6.45) is -3.38. The van der Waals surface area contributed by atoms with Gasteiger partial charge in [0.1, 0.15) is 12.1 Å². The molecule has 36 heavy (non-hydrogen) atoms. The molecule has 1 N–H and O–H groups in total. The van der Waals surface area contributed by atoms with E-state index < -0.39 is 35.3 Å². The third-order valence-corrected chi connectivity index (χ3v) is 6.13. The lowest BCUT2D eigenvalue weighted by Gasteiger charge is -2.21. The number of carboxylic acids is 1. The van der Waals surface area contributed by atoms with Gasteiger partial charge in [0.25, 0.3) is 5.91 Å². The Hall–Kier alpha value is -3.86. The van der Waals surface area contributed by atoms with E-state index >= 15 is 0 Å². The first kappa shape index (κ1) is 23.9. The zero-order valence-electron chi connectivity index (χ0n) is 18.7. The molecule has 12 heteroatoms. The lowest BCUT2D eigenvalue weighted by molar-refractivity contribution is -0.141. The Kier molecular flexibility index (Phi) is 5.74. The van der Waals surface area contributed by atoms with Crippen LogP contribution in [0.4, 0.5) is 18.9 Å². The van der Waals surface area contributed by atoms with Crippen LogP contribution in [0.2, 0.25) is 5.02 Å². The number of aryl methyl sites for hydroxylation is 1. The van der Waals surface area contributed by atoms with Gasteiger partial charge in [-0.15, -0.1) is 0 Å². The normalized spacial score (nSPS) is 13.8. The number of aromatic nitrogens is 3. The quantitative estimate of drug-likeness (QED) is 0.356. The molecule has 0 aliphatic heterocycles. The Bertz CT molecular complexity index is 1510. The summed E-state index contributed by atoms with van der Waals surface area (Å²) in [7, 11) is 0. The van der Waals surface area contributed by atoms with Crippen LogP contribution in [0.3, 0.4) is 0 Å². The molecule has 4 aromatic rings. The molecular weight excluding hydrogens is 501 g/mol. The van der Waals surface area contributed by atoms with E-state index in [0.29, 0.717) is 29.8 Å². The van der Waals surface area contributed by atoms with Crippen molar-refractivity contribution in [3.8, 4) is 5.69 Å². The van der Waals surface area contributed by atoms with Gasteiger partial charge in [0.2, 0.25) is 0 Å². The topological polar surface area (TPSA) is 101 Å². The number of nitrogens with zero attached hydrogens (tertiary/aromatic N) is 4. The van der Waals surface area contributed by atoms with Crippen molar-refractivity contribution in [2.75, 3.05) is 11.4 Å². The minimum absolute atomic E-state index is 0.0597. The molecule has 5 rings (SSSR count). The third-order valence-electron chi connectivity index (χ3n) is 5.76. The monoisotopic (exact) mass is 518 g/mol. The molecule has 0 bridgehead atoms. The van der Waals surface area contributed by atoms with Crippen LogP contribution in [-0.4, -0.2) is 38.3 Å². The molecule has 186 valence electrons. The summed E-state index contributed by atoms with van der Waals surface area (Å²) in [5.41, 5.74) is 0.498. The highest BCUT2D eigenvalue weighted by Gasteiger charge is 2.42. The standard InChI is InChI=1S/C24H18ClF3N4O4/c1-12-29-17-8-7-15(10-18(17)36-12)31(11-19(33)34)23(35)14-3-2-4-16(9-14)32-21(13-5-6-13)20(25)22(30-32)24(26,27)28/h2-4,7-10,13H,5-6,11H2,1H3,(H,33,34). The summed E-state index contributed by atoms with van der Waals surface area (Å²) in [4.78, 5) is 30.2. The van der Waals surface area contributed by atoms with Crippen molar-refractivity contribution < 1.29 is 32.3 Å². The maximum Gasteiger partial charge on any atom is 0.436 e. The summed E-state index contributed by atoms with van der Waals surface area (Å²) < 4.78 is 47.1. The Morgan fingerprint density at radius 3 is 2.64 bits per heavy atom. The van der Waals surface area contributed by atoms with Gasteiger partial charge >= 0.3 is 12.1 Å². The van der Waals surface area contributed by atoms with Gasteiger partial charge in [-0.25, -0.2) is 9.67 Å². The lowest BCUT2D eigenvalue weighted by atomic mass is 10.1.